The van der Waals surface area contributed by atoms with E-state index < -0.39 is 14.6 Å². The van der Waals surface area contributed by atoms with Crippen molar-refractivity contribution < 1.29 is 17.9 Å². The molecule has 0 radical (unpaired) electrons. The third kappa shape index (κ3) is 5.18. The smallest absolute Gasteiger partial charge is 0.319 e. The number of hydrogen-bond acceptors (Lipinski definition) is 9. The van der Waals surface area contributed by atoms with Crippen molar-refractivity contribution >= 4 is 38.7 Å². The summed E-state index contributed by atoms with van der Waals surface area (Å²) in [5.41, 5.74) is 2.54. The number of sulfone groups is 1. The molecule has 1 aliphatic carbocycles. The highest BCUT2D eigenvalue weighted by atomic mass is 32.2. The molecule has 2 aromatic heterocycles. The van der Waals surface area contributed by atoms with E-state index in [0.717, 1.165) is 16.9 Å². The van der Waals surface area contributed by atoms with Gasteiger partial charge in [0, 0.05) is 47.5 Å². The normalized spacial score (nSPS) is 17.0. The van der Waals surface area contributed by atoms with Gasteiger partial charge in [0.25, 0.3) is 0 Å². The van der Waals surface area contributed by atoms with Crippen LogP contribution in [0.5, 0.6) is 0 Å². The highest BCUT2D eigenvalue weighted by Crippen LogP contribution is 2.55. The van der Waals surface area contributed by atoms with E-state index in [0.29, 0.717) is 67.9 Å². The number of carbonyl (C=O) groups is 1. The second-order valence-electron chi connectivity index (χ2n) is 9.62. The van der Waals surface area contributed by atoms with Crippen molar-refractivity contribution in [3.8, 4) is 11.4 Å². The van der Waals surface area contributed by atoms with Crippen molar-refractivity contribution in [2.24, 2.45) is 0 Å². The number of nitrogens with one attached hydrogen (secondary N) is 2. The lowest BCUT2D eigenvalue weighted by Gasteiger charge is -2.29. The third-order valence-corrected chi connectivity index (χ3v) is 10.3. The van der Waals surface area contributed by atoms with E-state index in [9.17, 15) is 13.2 Å². The number of aromatic nitrogens is 3. The van der Waals surface area contributed by atoms with E-state index in [4.69, 9.17) is 14.7 Å². The summed E-state index contributed by atoms with van der Waals surface area (Å²) in [5.74, 6) is 1.12. The van der Waals surface area contributed by atoms with Gasteiger partial charge < -0.3 is 20.3 Å². The summed E-state index contributed by atoms with van der Waals surface area (Å²) in [7, 11) is -3.72. The molecule has 196 valence electrons. The zero-order valence-corrected chi connectivity index (χ0v) is 22.7. The van der Waals surface area contributed by atoms with Gasteiger partial charge in [0.2, 0.25) is 14.2 Å². The number of thiazole rings is 1. The molecule has 0 spiro atoms. The maximum atomic E-state index is 13.7. The molecule has 1 saturated carbocycles. The lowest BCUT2D eigenvalue weighted by atomic mass is 10.1. The molecule has 0 bridgehead atoms. The largest absolute Gasteiger partial charge is 0.378 e. The lowest BCUT2D eigenvalue weighted by molar-refractivity contribution is 0.122. The Labute approximate surface area is 220 Å². The number of nitrogens with zero attached hydrogens (tertiary/aromatic N) is 4. The van der Waals surface area contributed by atoms with Crippen LogP contribution in [0.4, 0.5) is 16.3 Å². The summed E-state index contributed by atoms with van der Waals surface area (Å²) < 4.78 is 31.9. The van der Waals surface area contributed by atoms with Gasteiger partial charge in [0.1, 0.15) is 10.6 Å². The monoisotopic (exact) mass is 542 g/mol. The lowest BCUT2D eigenvalue weighted by Crippen LogP contribution is -2.37. The minimum atomic E-state index is -3.72. The van der Waals surface area contributed by atoms with Gasteiger partial charge in [-0.3, -0.25) is 0 Å². The summed E-state index contributed by atoms with van der Waals surface area (Å²) in [5, 5.41) is 7.35. The number of urea groups is 1. The maximum Gasteiger partial charge on any atom is 0.319 e. The fraction of sp³-hybridized carbons (Fsp3) is 0.440. The Bertz CT molecular complexity index is 1390. The van der Waals surface area contributed by atoms with Gasteiger partial charge in [-0.05, 0) is 57.9 Å². The van der Waals surface area contributed by atoms with Crippen molar-refractivity contribution in [1.29, 1.82) is 0 Å². The molecule has 10 nitrogen and oxygen atoms in total. The van der Waals surface area contributed by atoms with Crippen molar-refractivity contribution in [3.63, 3.8) is 0 Å². The van der Waals surface area contributed by atoms with E-state index in [-0.39, 0.29) is 16.4 Å². The van der Waals surface area contributed by atoms with Crippen molar-refractivity contribution in [3.05, 3.63) is 47.1 Å². The molecule has 0 unspecified atom stereocenters. The van der Waals surface area contributed by atoms with Crippen LogP contribution in [0.25, 0.3) is 11.4 Å². The van der Waals surface area contributed by atoms with Crippen LogP contribution >= 0.6 is 11.3 Å². The Morgan fingerprint density at radius 1 is 1.11 bits per heavy atom. The molecule has 37 heavy (non-hydrogen) atoms. The average Bonchev–Trinajstić information content (AvgIpc) is 3.59. The summed E-state index contributed by atoms with van der Waals surface area (Å²) >= 11 is 1.15. The third-order valence-electron chi connectivity index (χ3n) is 6.38. The molecule has 3 heterocycles. The molecular weight excluding hydrogens is 512 g/mol. The number of hydrogen-bond donors (Lipinski definition) is 2. The molecule has 3 aromatic rings. The standard InChI is InChI=1S/C25H30N6O4S2/c1-16(2)26-23(32)28-19-6-4-18(5-7-19)22-29-20(14-21(30-22)31-10-12-35-13-11-31)25(8-9-25)37(33,34)24-27-17(3)15-36-24/h4-7,14-16H,8-13H2,1-3H3,(H2,26,28,32). The first kappa shape index (κ1) is 25.6. The van der Waals surface area contributed by atoms with Crippen LogP contribution in [0.3, 0.4) is 0 Å². The number of rotatable bonds is 7. The highest BCUT2D eigenvalue weighted by molar-refractivity contribution is 7.94. The van der Waals surface area contributed by atoms with Gasteiger partial charge in [-0.1, -0.05) is 0 Å². The molecule has 5 rings (SSSR count). The number of ether oxygens (including phenoxy) is 1. The second-order valence-corrected chi connectivity index (χ2v) is 12.9. The molecule has 12 heteroatoms. The molecule has 1 aromatic carbocycles. The highest BCUT2D eigenvalue weighted by Gasteiger charge is 2.59. The van der Waals surface area contributed by atoms with E-state index in [2.05, 4.69) is 20.5 Å². The number of morpholine rings is 1. The van der Waals surface area contributed by atoms with Crippen LogP contribution in [0.2, 0.25) is 0 Å². The van der Waals surface area contributed by atoms with Crippen LogP contribution in [0.1, 0.15) is 38.1 Å². The van der Waals surface area contributed by atoms with Gasteiger partial charge in [-0.25, -0.2) is 28.2 Å². The fourth-order valence-corrected chi connectivity index (χ4v) is 7.55. The summed E-state index contributed by atoms with van der Waals surface area (Å²) in [6, 6.07) is 8.76. The minimum absolute atomic E-state index is 0.0216. The maximum absolute atomic E-state index is 13.7. The van der Waals surface area contributed by atoms with Crippen LogP contribution in [-0.4, -0.2) is 61.7 Å². The molecule has 2 aliphatic rings. The molecule has 2 fully saturated rings. The number of carbonyl (C=O) groups excluding carboxylic acids is 1. The van der Waals surface area contributed by atoms with E-state index in [1.165, 1.54) is 0 Å². The van der Waals surface area contributed by atoms with Gasteiger partial charge in [-0.2, -0.15) is 0 Å². The summed E-state index contributed by atoms with van der Waals surface area (Å²) in [6.45, 7) is 8.05. The number of anilines is 2. The SMILES string of the molecule is Cc1csc(S(=O)(=O)C2(c3cc(N4CCOCC4)nc(-c4ccc(NC(=O)NC(C)C)cc4)n3)CC2)n1. The summed E-state index contributed by atoms with van der Waals surface area (Å²) in [6.07, 6.45) is 0.974. The van der Waals surface area contributed by atoms with Gasteiger partial charge >= 0.3 is 6.03 Å². The van der Waals surface area contributed by atoms with Gasteiger partial charge in [0.05, 0.1) is 18.9 Å². The van der Waals surface area contributed by atoms with Crippen LogP contribution in [0.15, 0.2) is 40.1 Å². The van der Waals surface area contributed by atoms with Gasteiger partial charge in [-0.15, -0.1) is 11.3 Å². The molecule has 1 saturated heterocycles. The first-order valence-electron chi connectivity index (χ1n) is 12.2. The predicted octanol–water partition coefficient (Wildman–Crippen LogP) is 3.74. The minimum Gasteiger partial charge on any atom is -0.378 e. The van der Waals surface area contributed by atoms with Crippen molar-refractivity contribution in [1.82, 2.24) is 20.3 Å². The predicted molar refractivity (Wildman–Crippen MR) is 143 cm³/mol. The second kappa shape index (κ2) is 9.99. The van der Waals surface area contributed by atoms with Crippen LogP contribution in [0, 0.1) is 6.92 Å². The number of amides is 2. The topological polar surface area (TPSA) is 126 Å². The Morgan fingerprint density at radius 3 is 2.41 bits per heavy atom. The summed E-state index contributed by atoms with van der Waals surface area (Å²) in [4.78, 5) is 28.0. The zero-order chi connectivity index (χ0) is 26.2. The van der Waals surface area contributed by atoms with Crippen LogP contribution in [-0.2, 0) is 19.3 Å². The molecule has 0 atom stereocenters. The molecular formula is C25H30N6O4S2. The molecule has 1 aliphatic heterocycles. The molecule has 2 N–H and O–H groups in total. The average molecular weight is 543 g/mol. The Kier molecular flexibility index (Phi) is 6.90. The molecule has 2 amide bonds. The fourth-order valence-electron chi connectivity index (χ4n) is 4.28. The zero-order valence-electron chi connectivity index (χ0n) is 21.0. The van der Waals surface area contributed by atoms with E-state index >= 15 is 0 Å². The first-order chi connectivity index (χ1) is 17.7. The number of benzene rings is 1. The Hall–Kier alpha value is -3.09. The quantitative estimate of drug-likeness (QED) is 0.462. The van der Waals surface area contributed by atoms with E-state index in [1.54, 1.807) is 24.4 Å². The van der Waals surface area contributed by atoms with Crippen molar-refractivity contribution in [2.75, 3.05) is 36.5 Å². The van der Waals surface area contributed by atoms with Crippen LogP contribution < -0.4 is 15.5 Å². The Balaban J connectivity index is 1.52. The first-order valence-corrected chi connectivity index (χ1v) is 14.6. The van der Waals surface area contributed by atoms with E-state index in [1.807, 2.05) is 32.0 Å². The number of aryl methyl sites for hydroxylation is 1. The van der Waals surface area contributed by atoms with Gasteiger partial charge in [0.15, 0.2) is 5.82 Å². The van der Waals surface area contributed by atoms with Crippen molar-refractivity contribution in [2.45, 2.75) is 48.7 Å². The Morgan fingerprint density at radius 2 is 1.81 bits per heavy atom.